The van der Waals surface area contributed by atoms with Gasteiger partial charge in [-0.05, 0) is 36.4 Å². The molecule has 11 nitrogen and oxygen atoms in total. The third-order valence-corrected chi connectivity index (χ3v) is 7.44. The van der Waals surface area contributed by atoms with Gasteiger partial charge in [0.25, 0.3) is 15.9 Å². The summed E-state index contributed by atoms with van der Waals surface area (Å²) in [7, 11) is -4.36. The van der Waals surface area contributed by atoms with Crippen LogP contribution in [0, 0.1) is 11.3 Å². The summed E-state index contributed by atoms with van der Waals surface area (Å²) in [6, 6.07) is 16.6. The molecule has 0 radical (unpaired) electrons. The summed E-state index contributed by atoms with van der Waals surface area (Å²) in [5.74, 6) is -0.187. The number of sulfonamides is 1. The third-order valence-electron chi connectivity index (χ3n) is 6.14. The van der Waals surface area contributed by atoms with Gasteiger partial charge in [-0.3, -0.25) is 9.69 Å². The molecule has 0 spiro atoms. The number of H-pyrrole nitrogens is 1. The first-order valence-electron chi connectivity index (χ1n) is 12.2. The number of para-hydroxylation sites is 1. The molecule has 0 atom stereocenters. The maximum Gasteiger partial charge on any atom is 0.268 e. The zero-order chi connectivity index (χ0) is 27.2. The van der Waals surface area contributed by atoms with E-state index in [1.807, 2.05) is 22.9 Å². The van der Waals surface area contributed by atoms with Crippen LogP contribution >= 0.6 is 0 Å². The van der Waals surface area contributed by atoms with Gasteiger partial charge in [0.15, 0.2) is 0 Å². The standard InChI is InChI=1S/C27H25N5O6S/c28-17-19-16-20(18-30-27(19)37-15-12-32-10-13-36-14-11-32)39(34,35)31-26(33)22-4-1-2-6-25(22)38-24-7-3-5-23-21(24)8-9-29-23/h1-9,16,18,29H,10-15H2,(H,31,33). The first-order chi connectivity index (χ1) is 18.9. The van der Waals surface area contributed by atoms with Crippen molar-refractivity contribution in [2.24, 2.45) is 0 Å². The highest BCUT2D eigenvalue weighted by Crippen LogP contribution is 2.31. The van der Waals surface area contributed by atoms with Crippen LogP contribution in [0.15, 0.2) is 71.9 Å². The van der Waals surface area contributed by atoms with Crippen LogP contribution in [-0.4, -0.2) is 68.6 Å². The molecule has 5 rings (SSSR count). The van der Waals surface area contributed by atoms with Gasteiger partial charge in [-0.1, -0.05) is 18.2 Å². The number of nitriles is 1. The van der Waals surface area contributed by atoms with Crippen LogP contribution in [0.2, 0.25) is 0 Å². The number of hydrogen-bond donors (Lipinski definition) is 2. The molecule has 12 heteroatoms. The number of aromatic nitrogens is 2. The first-order valence-corrected chi connectivity index (χ1v) is 13.7. The fourth-order valence-corrected chi connectivity index (χ4v) is 5.05. The van der Waals surface area contributed by atoms with Crippen LogP contribution in [0.5, 0.6) is 17.4 Å². The molecule has 2 aromatic carbocycles. The Balaban J connectivity index is 1.30. The predicted molar refractivity (Wildman–Crippen MR) is 141 cm³/mol. The summed E-state index contributed by atoms with van der Waals surface area (Å²) in [6.07, 6.45) is 2.82. The summed E-state index contributed by atoms with van der Waals surface area (Å²) in [4.78, 5) is 22.0. The van der Waals surface area contributed by atoms with Gasteiger partial charge in [-0.25, -0.2) is 18.1 Å². The number of rotatable bonds is 9. The average Bonchev–Trinajstić information content (AvgIpc) is 3.44. The van der Waals surface area contributed by atoms with E-state index in [4.69, 9.17) is 14.2 Å². The quantitative estimate of drug-likeness (QED) is 0.323. The molecule has 39 heavy (non-hydrogen) atoms. The zero-order valence-electron chi connectivity index (χ0n) is 20.8. The van der Waals surface area contributed by atoms with E-state index in [1.54, 1.807) is 36.5 Å². The smallest absolute Gasteiger partial charge is 0.268 e. The zero-order valence-corrected chi connectivity index (χ0v) is 21.6. The molecule has 1 amide bonds. The Morgan fingerprint density at radius 1 is 1.13 bits per heavy atom. The number of aromatic amines is 1. The number of carbonyl (C=O) groups is 1. The number of hydrogen-bond acceptors (Lipinski definition) is 9. The highest BCUT2D eigenvalue weighted by molar-refractivity contribution is 7.90. The Bertz CT molecular complexity index is 1640. The molecule has 0 aliphatic carbocycles. The van der Waals surface area contributed by atoms with Crippen LogP contribution in [0.25, 0.3) is 10.9 Å². The average molecular weight is 548 g/mol. The van der Waals surface area contributed by atoms with E-state index in [9.17, 15) is 18.5 Å². The van der Waals surface area contributed by atoms with E-state index < -0.39 is 15.9 Å². The molecule has 0 saturated carbocycles. The van der Waals surface area contributed by atoms with Crippen molar-refractivity contribution in [2.45, 2.75) is 4.90 Å². The largest absolute Gasteiger partial charge is 0.475 e. The van der Waals surface area contributed by atoms with E-state index in [1.165, 1.54) is 6.07 Å². The molecule has 0 bridgehead atoms. The number of benzene rings is 2. The number of nitrogens with one attached hydrogen (secondary N) is 2. The lowest BCUT2D eigenvalue weighted by Crippen LogP contribution is -2.38. The van der Waals surface area contributed by atoms with Crippen LogP contribution in [-0.2, 0) is 14.8 Å². The van der Waals surface area contributed by atoms with Crippen LogP contribution in [0.3, 0.4) is 0 Å². The summed E-state index contributed by atoms with van der Waals surface area (Å²) in [5, 5.41) is 10.4. The molecule has 1 saturated heterocycles. The van der Waals surface area contributed by atoms with E-state index in [0.717, 1.165) is 36.3 Å². The SMILES string of the molecule is N#Cc1cc(S(=O)(=O)NC(=O)c2ccccc2Oc2cccc3[nH]ccc23)cnc1OCCN1CCOCC1. The van der Waals surface area contributed by atoms with Gasteiger partial charge in [0, 0.05) is 36.7 Å². The van der Waals surface area contributed by atoms with Crippen molar-refractivity contribution < 1.29 is 27.4 Å². The fourth-order valence-electron chi connectivity index (χ4n) is 4.11. The molecular weight excluding hydrogens is 522 g/mol. The molecule has 1 fully saturated rings. The summed E-state index contributed by atoms with van der Waals surface area (Å²) in [5.41, 5.74) is 0.812. The number of morpholine rings is 1. The molecule has 2 aromatic heterocycles. The second-order valence-corrected chi connectivity index (χ2v) is 10.3. The molecule has 1 aliphatic heterocycles. The van der Waals surface area contributed by atoms with Gasteiger partial charge in [-0.15, -0.1) is 0 Å². The molecule has 4 aromatic rings. The van der Waals surface area contributed by atoms with E-state index >= 15 is 0 Å². The topological polar surface area (TPSA) is 147 Å². The second-order valence-electron chi connectivity index (χ2n) is 8.67. The van der Waals surface area contributed by atoms with Crippen molar-refractivity contribution in [3.8, 4) is 23.4 Å². The van der Waals surface area contributed by atoms with Gasteiger partial charge in [-0.2, -0.15) is 5.26 Å². The molecule has 2 N–H and O–H groups in total. The number of nitrogens with zero attached hydrogens (tertiary/aromatic N) is 3. The highest BCUT2D eigenvalue weighted by Gasteiger charge is 2.24. The number of pyridine rings is 1. The molecular formula is C27H25N5O6S. The Hall–Kier alpha value is -4.44. The second kappa shape index (κ2) is 11.5. The predicted octanol–water partition coefficient (Wildman–Crippen LogP) is 3.06. The molecule has 200 valence electrons. The summed E-state index contributed by atoms with van der Waals surface area (Å²) >= 11 is 0. The Kier molecular flexibility index (Phi) is 7.74. The summed E-state index contributed by atoms with van der Waals surface area (Å²) < 4.78 is 45.1. The lowest BCUT2D eigenvalue weighted by atomic mass is 10.2. The normalized spacial score (nSPS) is 14.0. The number of ether oxygens (including phenoxy) is 3. The Labute approximate surface area is 225 Å². The molecule has 3 heterocycles. The Morgan fingerprint density at radius 2 is 1.92 bits per heavy atom. The van der Waals surface area contributed by atoms with Crippen LogP contribution in [0.4, 0.5) is 0 Å². The minimum atomic E-state index is -4.36. The number of amides is 1. The maximum atomic E-state index is 13.1. The van der Waals surface area contributed by atoms with Crippen molar-refractivity contribution in [2.75, 3.05) is 39.5 Å². The Morgan fingerprint density at radius 3 is 2.74 bits per heavy atom. The first kappa shape index (κ1) is 26.2. The van der Waals surface area contributed by atoms with E-state index in [-0.39, 0.29) is 34.3 Å². The number of carbonyl (C=O) groups excluding carboxylic acids is 1. The van der Waals surface area contributed by atoms with Crippen molar-refractivity contribution >= 4 is 26.8 Å². The van der Waals surface area contributed by atoms with Gasteiger partial charge >= 0.3 is 0 Å². The minimum absolute atomic E-state index is 0.0187. The van der Waals surface area contributed by atoms with Gasteiger partial charge in [0.2, 0.25) is 5.88 Å². The van der Waals surface area contributed by atoms with Gasteiger partial charge in [0.05, 0.1) is 25.0 Å². The lowest BCUT2D eigenvalue weighted by molar-refractivity contribution is 0.0320. The van der Waals surface area contributed by atoms with Gasteiger partial charge < -0.3 is 19.2 Å². The van der Waals surface area contributed by atoms with E-state index in [0.29, 0.717) is 25.5 Å². The monoisotopic (exact) mass is 547 g/mol. The number of fused-ring (bicyclic) bond motifs is 1. The van der Waals surface area contributed by atoms with Crippen molar-refractivity contribution in [1.29, 1.82) is 5.26 Å². The van der Waals surface area contributed by atoms with Gasteiger partial charge in [0.1, 0.15) is 34.6 Å². The summed E-state index contributed by atoms with van der Waals surface area (Å²) in [6.45, 7) is 3.77. The minimum Gasteiger partial charge on any atom is -0.475 e. The lowest BCUT2D eigenvalue weighted by Gasteiger charge is -2.26. The van der Waals surface area contributed by atoms with Crippen molar-refractivity contribution in [3.63, 3.8) is 0 Å². The molecule has 1 aliphatic rings. The maximum absolute atomic E-state index is 13.1. The van der Waals surface area contributed by atoms with Crippen LogP contribution in [0.1, 0.15) is 15.9 Å². The fraction of sp³-hybridized carbons (Fsp3) is 0.222. The van der Waals surface area contributed by atoms with Crippen LogP contribution < -0.4 is 14.2 Å². The molecule has 0 unspecified atom stereocenters. The van der Waals surface area contributed by atoms with Crippen molar-refractivity contribution in [3.05, 3.63) is 78.1 Å². The highest BCUT2D eigenvalue weighted by atomic mass is 32.2. The third kappa shape index (κ3) is 6.01. The van der Waals surface area contributed by atoms with E-state index in [2.05, 4.69) is 14.9 Å². The van der Waals surface area contributed by atoms with Crippen molar-refractivity contribution in [1.82, 2.24) is 19.6 Å².